The number of carbonyl (C=O) groups is 1. The minimum atomic E-state index is -0.395. The Kier molecular flexibility index (Phi) is 3.93. The van der Waals surface area contributed by atoms with E-state index in [2.05, 4.69) is 9.88 Å². The number of nitro groups is 1. The summed E-state index contributed by atoms with van der Waals surface area (Å²) in [5.41, 5.74) is 0.860. The van der Waals surface area contributed by atoms with Gasteiger partial charge in [-0.15, -0.1) is 0 Å². The molecule has 116 valence electrons. The molecule has 1 aliphatic rings. The molecule has 0 bridgehead atoms. The number of hydrogen-bond acceptors (Lipinski definition) is 6. The van der Waals surface area contributed by atoms with Crippen LogP contribution in [-0.2, 0) is 4.79 Å². The van der Waals surface area contributed by atoms with Crippen LogP contribution >= 0.6 is 11.3 Å². The summed E-state index contributed by atoms with van der Waals surface area (Å²) in [6, 6.07) is 4.72. The molecular weight excluding hydrogens is 304 g/mol. The summed E-state index contributed by atoms with van der Waals surface area (Å²) in [5.74, 6) is 0.180. The molecule has 0 unspecified atom stereocenters. The van der Waals surface area contributed by atoms with E-state index in [1.54, 1.807) is 12.1 Å². The fourth-order valence-corrected chi connectivity index (χ4v) is 3.57. The second-order valence-electron chi connectivity index (χ2n) is 5.13. The van der Waals surface area contributed by atoms with Crippen LogP contribution in [0.25, 0.3) is 10.2 Å². The lowest BCUT2D eigenvalue weighted by atomic mass is 10.3. The van der Waals surface area contributed by atoms with Gasteiger partial charge in [0.1, 0.15) is 0 Å². The van der Waals surface area contributed by atoms with Gasteiger partial charge in [-0.1, -0.05) is 18.3 Å². The molecule has 2 aromatic rings. The number of thiazole rings is 1. The lowest BCUT2D eigenvalue weighted by molar-refractivity contribution is -0.384. The van der Waals surface area contributed by atoms with Gasteiger partial charge in [0.2, 0.25) is 5.91 Å². The van der Waals surface area contributed by atoms with E-state index in [0.29, 0.717) is 19.5 Å². The molecular formula is C14H16N4O3S. The van der Waals surface area contributed by atoms with E-state index >= 15 is 0 Å². The van der Waals surface area contributed by atoms with Crippen LogP contribution in [0.15, 0.2) is 18.2 Å². The van der Waals surface area contributed by atoms with E-state index < -0.39 is 4.92 Å². The molecule has 2 heterocycles. The summed E-state index contributed by atoms with van der Waals surface area (Å²) >= 11 is 1.46. The van der Waals surface area contributed by atoms with Crippen molar-refractivity contribution in [1.29, 1.82) is 0 Å². The molecule has 7 nitrogen and oxygen atoms in total. The first-order chi connectivity index (χ1) is 10.6. The molecule has 8 heteroatoms. The highest BCUT2D eigenvalue weighted by atomic mass is 32.1. The number of amides is 1. The third-order valence-corrected chi connectivity index (χ3v) is 4.86. The van der Waals surface area contributed by atoms with Gasteiger partial charge in [-0.2, -0.15) is 0 Å². The fraction of sp³-hybridized carbons (Fsp3) is 0.429. The Morgan fingerprint density at radius 2 is 2.09 bits per heavy atom. The van der Waals surface area contributed by atoms with Crippen LogP contribution in [0.3, 0.4) is 0 Å². The Morgan fingerprint density at radius 3 is 2.73 bits per heavy atom. The zero-order valence-electron chi connectivity index (χ0n) is 12.2. The second kappa shape index (κ2) is 5.88. The Hall–Kier alpha value is -2.22. The van der Waals surface area contributed by atoms with Crippen molar-refractivity contribution in [3.8, 4) is 0 Å². The summed E-state index contributed by atoms with van der Waals surface area (Å²) in [6.07, 6.45) is 0.533. The van der Waals surface area contributed by atoms with Crippen molar-refractivity contribution >= 4 is 38.3 Å². The van der Waals surface area contributed by atoms with Gasteiger partial charge in [0.05, 0.1) is 15.1 Å². The molecule has 1 aliphatic heterocycles. The van der Waals surface area contributed by atoms with Crippen LogP contribution in [0.4, 0.5) is 10.8 Å². The minimum absolute atomic E-state index is 0.0843. The maximum absolute atomic E-state index is 11.7. The maximum atomic E-state index is 11.7. The monoisotopic (exact) mass is 320 g/mol. The van der Waals surface area contributed by atoms with Crippen LogP contribution in [0.2, 0.25) is 0 Å². The van der Waals surface area contributed by atoms with Gasteiger partial charge in [0.25, 0.3) is 5.69 Å². The molecule has 22 heavy (non-hydrogen) atoms. The highest BCUT2D eigenvalue weighted by molar-refractivity contribution is 7.22. The van der Waals surface area contributed by atoms with Gasteiger partial charge in [-0.25, -0.2) is 4.98 Å². The first kappa shape index (κ1) is 14.7. The molecule has 0 aliphatic carbocycles. The molecule has 3 rings (SSSR count). The largest absolute Gasteiger partial charge is 0.345 e. The van der Waals surface area contributed by atoms with Crippen molar-refractivity contribution in [1.82, 2.24) is 9.88 Å². The number of aromatic nitrogens is 1. The molecule has 0 saturated carbocycles. The summed E-state index contributed by atoms with van der Waals surface area (Å²) in [4.78, 5) is 30.7. The van der Waals surface area contributed by atoms with Gasteiger partial charge in [0, 0.05) is 44.7 Å². The molecule has 1 aromatic carbocycles. The van der Waals surface area contributed by atoms with Gasteiger partial charge in [0.15, 0.2) is 5.13 Å². The molecule has 1 fully saturated rings. The maximum Gasteiger partial charge on any atom is 0.270 e. The van der Waals surface area contributed by atoms with Crippen molar-refractivity contribution in [2.45, 2.75) is 13.3 Å². The van der Waals surface area contributed by atoms with Gasteiger partial charge in [-0.05, 0) is 6.07 Å². The van der Waals surface area contributed by atoms with E-state index in [0.717, 1.165) is 28.4 Å². The molecule has 1 saturated heterocycles. The number of fused-ring (bicyclic) bond motifs is 1. The number of rotatable bonds is 3. The Balaban J connectivity index is 1.77. The Morgan fingerprint density at radius 1 is 1.36 bits per heavy atom. The van der Waals surface area contributed by atoms with E-state index in [1.807, 2.05) is 11.8 Å². The first-order valence-corrected chi connectivity index (χ1v) is 7.98. The minimum Gasteiger partial charge on any atom is -0.345 e. The molecule has 0 N–H and O–H groups in total. The number of non-ortho nitro benzene ring substituents is 1. The van der Waals surface area contributed by atoms with Crippen LogP contribution in [0.1, 0.15) is 13.3 Å². The second-order valence-corrected chi connectivity index (χ2v) is 6.14. The standard InChI is InChI=1S/C14H16N4O3S/c1-2-13(19)16-5-7-17(8-6-16)14-15-11-4-3-10(18(20)21)9-12(11)22-14/h3-4,9H,2,5-8H2,1H3. The normalized spacial score (nSPS) is 15.3. The highest BCUT2D eigenvalue weighted by Crippen LogP contribution is 2.31. The van der Waals surface area contributed by atoms with Gasteiger partial charge >= 0.3 is 0 Å². The SMILES string of the molecule is CCC(=O)N1CCN(c2nc3ccc([N+](=O)[O-])cc3s2)CC1. The van der Waals surface area contributed by atoms with Crippen LogP contribution in [0, 0.1) is 10.1 Å². The van der Waals surface area contributed by atoms with Crippen molar-refractivity contribution in [3.05, 3.63) is 28.3 Å². The Labute approximate surface area is 131 Å². The highest BCUT2D eigenvalue weighted by Gasteiger charge is 2.22. The van der Waals surface area contributed by atoms with Crippen molar-refractivity contribution < 1.29 is 9.72 Å². The van der Waals surface area contributed by atoms with E-state index in [-0.39, 0.29) is 11.6 Å². The predicted molar refractivity (Wildman–Crippen MR) is 85.4 cm³/mol. The quantitative estimate of drug-likeness (QED) is 0.640. The Bertz CT molecular complexity index is 722. The van der Waals surface area contributed by atoms with Gasteiger partial charge in [-0.3, -0.25) is 14.9 Å². The predicted octanol–water partition coefficient (Wildman–Crippen LogP) is 2.26. The van der Waals surface area contributed by atoms with Crippen LogP contribution in [0.5, 0.6) is 0 Å². The summed E-state index contributed by atoms with van der Waals surface area (Å²) < 4.78 is 0.816. The molecule has 0 spiro atoms. The fourth-order valence-electron chi connectivity index (χ4n) is 2.52. The average Bonchev–Trinajstić information content (AvgIpc) is 2.97. The third kappa shape index (κ3) is 2.74. The van der Waals surface area contributed by atoms with Crippen molar-refractivity contribution in [2.24, 2.45) is 0 Å². The smallest absolute Gasteiger partial charge is 0.270 e. The van der Waals surface area contributed by atoms with E-state index in [1.165, 1.54) is 17.4 Å². The van der Waals surface area contributed by atoms with E-state index in [4.69, 9.17) is 0 Å². The average molecular weight is 320 g/mol. The molecule has 0 atom stereocenters. The van der Waals surface area contributed by atoms with E-state index in [9.17, 15) is 14.9 Å². The third-order valence-electron chi connectivity index (χ3n) is 3.78. The number of hydrogen-bond donors (Lipinski definition) is 0. The zero-order valence-corrected chi connectivity index (χ0v) is 13.0. The summed E-state index contributed by atoms with van der Waals surface area (Å²) in [5, 5.41) is 11.7. The summed E-state index contributed by atoms with van der Waals surface area (Å²) in [6.45, 7) is 4.75. The van der Waals surface area contributed by atoms with Crippen molar-refractivity contribution in [3.63, 3.8) is 0 Å². The number of nitrogens with zero attached hydrogens (tertiary/aromatic N) is 4. The number of carbonyl (C=O) groups excluding carboxylic acids is 1. The van der Waals surface area contributed by atoms with Crippen molar-refractivity contribution in [2.75, 3.05) is 31.1 Å². The zero-order chi connectivity index (χ0) is 15.7. The lowest BCUT2D eigenvalue weighted by Gasteiger charge is -2.34. The van der Waals surface area contributed by atoms with Crippen LogP contribution in [-0.4, -0.2) is 46.9 Å². The number of anilines is 1. The number of nitro benzene ring substituents is 1. The van der Waals surface area contributed by atoms with Crippen LogP contribution < -0.4 is 4.90 Å². The number of benzene rings is 1. The first-order valence-electron chi connectivity index (χ1n) is 7.16. The lowest BCUT2D eigenvalue weighted by Crippen LogP contribution is -2.48. The molecule has 0 radical (unpaired) electrons. The van der Waals surface area contributed by atoms with Gasteiger partial charge < -0.3 is 9.80 Å². The molecule has 1 amide bonds. The molecule has 1 aromatic heterocycles. The number of piperazine rings is 1. The topological polar surface area (TPSA) is 79.6 Å². The summed E-state index contributed by atoms with van der Waals surface area (Å²) in [7, 11) is 0.